The van der Waals surface area contributed by atoms with Gasteiger partial charge in [0.05, 0.1) is 5.69 Å². The van der Waals surface area contributed by atoms with Gasteiger partial charge >= 0.3 is 0 Å². The molecule has 0 radical (unpaired) electrons. The molecule has 3 rings (SSSR count). The van der Waals surface area contributed by atoms with Crippen LogP contribution in [0.1, 0.15) is 75.2 Å². The first kappa shape index (κ1) is 13.0. The second-order valence-electron chi connectivity index (χ2n) is 6.55. The van der Waals surface area contributed by atoms with Crippen molar-refractivity contribution in [1.82, 2.24) is 9.55 Å². The first-order valence-electron chi connectivity index (χ1n) is 8.06. The lowest BCUT2D eigenvalue weighted by Gasteiger charge is -2.20. The standard InChI is InChI=1S/C16H27N3/c1-19-15(17)14(11-12-7-3-2-4-8-12)18-16(19)13-9-5-6-10-13/h12-13H,2-11,17H2,1H3. The Hall–Kier alpha value is -0.990. The largest absolute Gasteiger partial charge is 0.384 e. The van der Waals surface area contributed by atoms with E-state index < -0.39 is 0 Å². The van der Waals surface area contributed by atoms with Crippen molar-refractivity contribution >= 4 is 5.82 Å². The van der Waals surface area contributed by atoms with Gasteiger partial charge in [-0.2, -0.15) is 0 Å². The van der Waals surface area contributed by atoms with Crippen molar-refractivity contribution < 1.29 is 0 Å². The highest BCUT2D eigenvalue weighted by Crippen LogP contribution is 2.35. The van der Waals surface area contributed by atoms with Crippen molar-refractivity contribution in [3.05, 3.63) is 11.5 Å². The summed E-state index contributed by atoms with van der Waals surface area (Å²) in [6, 6.07) is 0. The smallest absolute Gasteiger partial charge is 0.126 e. The van der Waals surface area contributed by atoms with E-state index >= 15 is 0 Å². The second kappa shape index (κ2) is 5.56. The fraction of sp³-hybridized carbons (Fsp3) is 0.812. The van der Waals surface area contributed by atoms with E-state index in [1.807, 2.05) is 0 Å². The highest BCUT2D eigenvalue weighted by molar-refractivity contribution is 5.39. The van der Waals surface area contributed by atoms with Crippen LogP contribution in [0.5, 0.6) is 0 Å². The van der Waals surface area contributed by atoms with Crippen LogP contribution in [0.2, 0.25) is 0 Å². The molecule has 0 aliphatic heterocycles. The van der Waals surface area contributed by atoms with E-state index in [0.29, 0.717) is 5.92 Å². The maximum absolute atomic E-state index is 6.29. The van der Waals surface area contributed by atoms with E-state index in [-0.39, 0.29) is 0 Å². The van der Waals surface area contributed by atoms with Crippen LogP contribution in [0.3, 0.4) is 0 Å². The SMILES string of the molecule is Cn1c(C2CCCC2)nc(CC2CCCCC2)c1N. The molecule has 1 heterocycles. The Morgan fingerprint density at radius 1 is 1.05 bits per heavy atom. The lowest BCUT2D eigenvalue weighted by Crippen LogP contribution is -2.11. The fourth-order valence-corrected chi connectivity index (χ4v) is 3.95. The molecule has 2 fully saturated rings. The molecule has 19 heavy (non-hydrogen) atoms. The van der Waals surface area contributed by atoms with Gasteiger partial charge in [0.25, 0.3) is 0 Å². The molecule has 2 aliphatic rings. The van der Waals surface area contributed by atoms with Crippen molar-refractivity contribution in [2.24, 2.45) is 13.0 Å². The molecule has 0 unspecified atom stereocenters. The molecule has 0 aromatic carbocycles. The van der Waals surface area contributed by atoms with Crippen molar-refractivity contribution in [2.75, 3.05) is 5.73 Å². The number of anilines is 1. The molecular formula is C16H27N3. The normalized spacial score (nSPS) is 22.2. The molecule has 2 N–H and O–H groups in total. The van der Waals surface area contributed by atoms with E-state index in [1.54, 1.807) is 0 Å². The summed E-state index contributed by atoms with van der Waals surface area (Å²) in [6.45, 7) is 0. The van der Waals surface area contributed by atoms with Gasteiger partial charge in [0.15, 0.2) is 0 Å². The van der Waals surface area contributed by atoms with Crippen LogP contribution >= 0.6 is 0 Å². The van der Waals surface area contributed by atoms with Gasteiger partial charge in [0.1, 0.15) is 11.6 Å². The average Bonchev–Trinajstić information content (AvgIpc) is 3.04. The first-order chi connectivity index (χ1) is 9.25. The predicted molar refractivity (Wildman–Crippen MR) is 79.1 cm³/mol. The van der Waals surface area contributed by atoms with Gasteiger partial charge in [0.2, 0.25) is 0 Å². The van der Waals surface area contributed by atoms with Gasteiger partial charge < -0.3 is 10.3 Å². The molecule has 106 valence electrons. The molecule has 2 aliphatic carbocycles. The van der Waals surface area contributed by atoms with Crippen molar-refractivity contribution in [1.29, 1.82) is 0 Å². The summed E-state index contributed by atoms with van der Waals surface area (Å²) in [7, 11) is 2.10. The first-order valence-corrected chi connectivity index (χ1v) is 8.06. The van der Waals surface area contributed by atoms with Gasteiger partial charge in [0, 0.05) is 13.0 Å². The van der Waals surface area contributed by atoms with Crippen molar-refractivity contribution in [3.8, 4) is 0 Å². The van der Waals surface area contributed by atoms with Crippen LogP contribution in [0.15, 0.2) is 0 Å². The van der Waals surface area contributed by atoms with Crippen molar-refractivity contribution in [2.45, 2.75) is 70.1 Å². The van der Waals surface area contributed by atoms with E-state index in [9.17, 15) is 0 Å². The Bertz CT molecular complexity index is 423. The fourth-order valence-electron chi connectivity index (χ4n) is 3.95. The third-order valence-corrected chi connectivity index (χ3v) is 5.18. The number of nitrogen functional groups attached to an aromatic ring is 1. The molecular weight excluding hydrogens is 234 g/mol. The highest BCUT2D eigenvalue weighted by atomic mass is 15.1. The summed E-state index contributed by atoms with van der Waals surface area (Å²) in [4.78, 5) is 4.92. The van der Waals surface area contributed by atoms with Crippen LogP contribution < -0.4 is 5.73 Å². The van der Waals surface area contributed by atoms with Crippen LogP contribution in [0, 0.1) is 5.92 Å². The Kier molecular flexibility index (Phi) is 3.81. The molecule has 1 aromatic rings. The summed E-state index contributed by atoms with van der Waals surface area (Å²) in [5, 5.41) is 0. The number of hydrogen-bond acceptors (Lipinski definition) is 2. The minimum absolute atomic E-state index is 0.660. The molecule has 0 spiro atoms. The zero-order chi connectivity index (χ0) is 13.2. The molecule has 3 heteroatoms. The highest BCUT2D eigenvalue weighted by Gasteiger charge is 2.25. The number of rotatable bonds is 3. The predicted octanol–water partition coefficient (Wildman–Crippen LogP) is 3.78. The Balaban J connectivity index is 1.75. The molecule has 0 saturated heterocycles. The summed E-state index contributed by atoms with van der Waals surface area (Å²) in [5.41, 5.74) is 7.47. The third kappa shape index (κ3) is 2.65. The monoisotopic (exact) mass is 261 g/mol. The average molecular weight is 261 g/mol. The maximum Gasteiger partial charge on any atom is 0.126 e. The van der Waals surface area contributed by atoms with Gasteiger partial charge in [-0.25, -0.2) is 4.98 Å². The number of imidazole rings is 1. The Morgan fingerprint density at radius 2 is 1.68 bits per heavy atom. The van der Waals surface area contributed by atoms with Crippen LogP contribution in [-0.4, -0.2) is 9.55 Å². The summed E-state index contributed by atoms with van der Waals surface area (Å²) in [6.07, 6.45) is 13.4. The minimum atomic E-state index is 0.660. The van der Waals surface area contributed by atoms with E-state index in [1.165, 1.54) is 69.3 Å². The lowest BCUT2D eigenvalue weighted by molar-refractivity contribution is 0.355. The van der Waals surface area contributed by atoms with E-state index in [4.69, 9.17) is 10.7 Å². The van der Waals surface area contributed by atoms with Crippen LogP contribution in [0.4, 0.5) is 5.82 Å². The lowest BCUT2D eigenvalue weighted by atomic mass is 9.86. The minimum Gasteiger partial charge on any atom is -0.384 e. The van der Waals surface area contributed by atoms with Gasteiger partial charge in [-0.3, -0.25) is 0 Å². The third-order valence-electron chi connectivity index (χ3n) is 5.18. The van der Waals surface area contributed by atoms with Gasteiger partial charge in [-0.15, -0.1) is 0 Å². The number of nitrogens with two attached hydrogens (primary N) is 1. The molecule has 0 amide bonds. The maximum atomic E-state index is 6.29. The topological polar surface area (TPSA) is 43.8 Å². The molecule has 0 bridgehead atoms. The zero-order valence-electron chi connectivity index (χ0n) is 12.2. The van der Waals surface area contributed by atoms with E-state index in [2.05, 4.69) is 11.6 Å². The Morgan fingerprint density at radius 3 is 2.37 bits per heavy atom. The van der Waals surface area contributed by atoms with Gasteiger partial charge in [-0.05, 0) is 25.2 Å². The van der Waals surface area contributed by atoms with E-state index in [0.717, 1.165) is 18.2 Å². The summed E-state index contributed by atoms with van der Waals surface area (Å²) in [5.74, 6) is 3.66. The quantitative estimate of drug-likeness (QED) is 0.899. The van der Waals surface area contributed by atoms with Gasteiger partial charge in [-0.1, -0.05) is 44.9 Å². The summed E-state index contributed by atoms with van der Waals surface area (Å²) >= 11 is 0. The number of nitrogens with zero attached hydrogens (tertiary/aromatic N) is 2. The summed E-state index contributed by atoms with van der Waals surface area (Å²) < 4.78 is 2.16. The molecule has 3 nitrogen and oxygen atoms in total. The zero-order valence-corrected chi connectivity index (χ0v) is 12.2. The molecule has 1 aromatic heterocycles. The number of hydrogen-bond donors (Lipinski definition) is 1. The Labute approximate surface area is 116 Å². The van der Waals surface area contributed by atoms with Crippen LogP contribution in [-0.2, 0) is 13.5 Å². The number of aromatic nitrogens is 2. The molecule has 0 atom stereocenters. The molecule has 2 saturated carbocycles. The van der Waals surface area contributed by atoms with Crippen LogP contribution in [0.25, 0.3) is 0 Å². The second-order valence-corrected chi connectivity index (χ2v) is 6.55. The van der Waals surface area contributed by atoms with Crippen molar-refractivity contribution in [3.63, 3.8) is 0 Å².